The summed E-state index contributed by atoms with van der Waals surface area (Å²) in [5, 5.41) is 0. The molecule has 0 saturated carbocycles. The molecule has 0 aliphatic carbocycles. The van der Waals surface area contributed by atoms with Crippen LogP contribution in [-0.4, -0.2) is 6.54 Å². The average Bonchev–Trinajstić information content (AvgIpc) is 2.14. The van der Waals surface area contributed by atoms with Crippen molar-refractivity contribution in [2.45, 2.75) is 0 Å². The van der Waals surface area contributed by atoms with E-state index in [1.54, 1.807) is 6.08 Å². The van der Waals surface area contributed by atoms with Crippen molar-refractivity contribution < 1.29 is 4.94 Å². The molecule has 0 amide bonds. The summed E-state index contributed by atoms with van der Waals surface area (Å²) in [6.07, 6.45) is 1.71. The zero-order valence-electron chi connectivity index (χ0n) is 6.79. The Hall–Kier alpha value is -1.32. The van der Waals surface area contributed by atoms with Gasteiger partial charge in [0.15, 0.2) is 0 Å². The van der Waals surface area contributed by atoms with Crippen LogP contribution in [0.4, 0.5) is 5.69 Å². The highest BCUT2D eigenvalue weighted by atomic mass is 16.8. The Bertz CT molecular complexity index is 223. The van der Waals surface area contributed by atoms with Crippen molar-refractivity contribution >= 4 is 5.69 Å². The molecule has 1 aromatic carbocycles. The molecule has 1 aromatic rings. The number of hydroxylamine groups is 1. The summed E-state index contributed by atoms with van der Waals surface area (Å²) in [7, 11) is 0. The van der Waals surface area contributed by atoms with Crippen LogP contribution < -0.4 is 11.0 Å². The largest absolute Gasteiger partial charge is 0.248 e. The maximum absolute atomic E-state index is 4.89. The minimum atomic E-state index is 0.611. The predicted octanol–water partition coefficient (Wildman–Crippen LogP) is 1.72. The molecule has 0 unspecified atom stereocenters. The van der Waals surface area contributed by atoms with Crippen LogP contribution in [-0.2, 0) is 4.94 Å². The Labute approximate surface area is 72.0 Å². The quantitative estimate of drug-likeness (QED) is 0.395. The monoisotopic (exact) mass is 164 g/mol. The molecule has 64 valence electrons. The first-order valence-electron chi connectivity index (χ1n) is 3.74. The first kappa shape index (κ1) is 8.77. The molecule has 0 fully saturated rings. The predicted molar refractivity (Wildman–Crippen MR) is 49.3 cm³/mol. The Balaban J connectivity index is 2.20. The van der Waals surface area contributed by atoms with Gasteiger partial charge in [0.05, 0.1) is 5.69 Å². The molecule has 0 saturated heterocycles. The van der Waals surface area contributed by atoms with Crippen molar-refractivity contribution in [1.82, 2.24) is 5.48 Å². The molecule has 0 bridgehead atoms. The third kappa shape index (κ3) is 3.18. The van der Waals surface area contributed by atoms with Crippen LogP contribution in [0.15, 0.2) is 43.0 Å². The highest BCUT2D eigenvalue weighted by molar-refractivity contribution is 5.39. The van der Waals surface area contributed by atoms with Gasteiger partial charge in [0.1, 0.15) is 0 Å². The number of benzene rings is 1. The van der Waals surface area contributed by atoms with Gasteiger partial charge in [-0.15, -0.1) is 6.58 Å². The molecule has 0 aliphatic heterocycles. The zero-order chi connectivity index (χ0) is 8.65. The summed E-state index contributed by atoms with van der Waals surface area (Å²) in [6, 6.07) is 9.63. The number of nitrogens with one attached hydrogen (secondary N) is 2. The van der Waals surface area contributed by atoms with Gasteiger partial charge in [-0.3, -0.25) is 0 Å². The van der Waals surface area contributed by atoms with Gasteiger partial charge >= 0.3 is 0 Å². The zero-order valence-corrected chi connectivity index (χ0v) is 6.79. The van der Waals surface area contributed by atoms with Crippen molar-refractivity contribution in [3.8, 4) is 0 Å². The first-order chi connectivity index (χ1) is 5.93. The highest BCUT2D eigenvalue weighted by Gasteiger charge is 1.86. The summed E-state index contributed by atoms with van der Waals surface area (Å²) in [5.41, 5.74) is 6.29. The van der Waals surface area contributed by atoms with Gasteiger partial charge < -0.3 is 0 Å². The maximum Gasteiger partial charge on any atom is 0.0623 e. The molecule has 3 heteroatoms. The molecule has 0 radical (unpaired) electrons. The molecule has 3 nitrogen and oxygen atoms in total. The highest BCUT2D eigenvalue weighted by Crippen LogP contribution is 2.03. The van der Waals surface area contributed by atoms with Crippen molar-refractivity contribution in [2.24, 2.45) is 0 Å². The second-order valence-corrected chi connectivity index (χ2v) is 2.21. The SMILES string of the molecule is C=CCNONc1ccccc1. The molecule has 12 heavy (non-hydrogen) atoms. The van der Waals surface area contributed by atoms with E-state index in [9.17, 15) is 0 Å². The number of para-hydroxylation sites is 1. The minimum Gasteiger partial charge on any atom is -0.248 e. The first-order valence-corrected chi connectivity index (χ1v) is 3.74. The molecule has 0 aromatic heterocycles. The van der Waals surface area contributed by atoms with Gasteiger partial charge in [-0.2, -0.15) is 10.4 Å². The lowest BCUT2D eigenvalue weighted by Crippen LogP contribution is -2.18. The van der Waals surface area contributed by atoms with E-state index >= 15 is 0 Å². The van der Waals surface area contributed by atoms with E-state index in [2.05, 4.69) is 17.5 Å². The van der Waals surface area contributed by atoms with Gasteiger partial charge in [0.25, 0.3) is 0 Å². The standard InChI is InChI=1S/C9H12N2O/c1-2-8-10-12-11-9-6-4-3-5-7-9/h2-7,10-11H,1,8H2. The van der Waals surface area contributed by atoms with Crippen LogP contribution in [0.5, 0.6) is 0 Å². The second-order valence-electron chi connectivity index (χ2n) is 2.21. The summed E-state index contributed by atoms with van der Waals surface area (Å²) in [5.74, 6) is 0. The Morgan fingerprint density at radius 2 is 2.08 bits per heavy atom. The van der Waals surface area contributed by atoms with Crippen LogP contribution >= 0.6 is 0 Å². The summed E-state index contributed by atoms with van der Waals surface area (Å²) >= 11 is 0. The maximum atomic E-state index is 4.89. The van der Waals surface area contributed by atoms with Crippen molar-refractivity contribution in [2.75, 3.05) is 12.0 Å². The molecular weight excluding hydrogens is 152 g/mol. The molecule has 1 rings (SSSR count). The Morgan fingerprint density at radius 1 is 1.33 bits per heavy atom. The van der Waals surface area contributed by atoms with Gasteiger partial charge in [-0.1, -0.05) is 24.3 Å². The molecule has 2 N–H and O–H groups in total. The van der Waals surface area contributed by atoms with E-state index in [4.69, 9.17) is 4.94 Å². The molecule has 0 aliphatic rings. The van der Waals surface area contributed by atoms with Crippen molar-refractivity contribution in [3.63, 3.8) is 0 Å². The third-order valence-corrected chi connectivity index (χ3v) is 1.24. The van der Waals surface area contributed by atoms with Gasteiger partial charge in [0.2, 0.25) is 0 Å². The van der Waals surface area contributed by atoms with E-state index in [1.807, 2.05) is 30.3 Å². The average molecular weight is 164 g/mol. The van der Waals surface area contributed by atoms with E-state index in [1.165, 1.54) is 0 Å². The summed E-state index contributed by atoms with van der Waals surface area (Å²) in [4.78, 5) is 4.89. The molecule has 0 heterocycles. The fourth-order valence-corrected chi connectivity index (χ4v) is 0.702. The van der Waals surface area contributed by atoms with Crippen LogP contribution in [0.25, 0.3) is 0 Å². The van der Waals surface area contributed by atoms with E-state index in [0.29, 0.717) is 6.54 Å². The fourth-order valence-electron chi connectivity index (χ4n) is 0.702. The summed E-state index contributed by atoms with van der Waals surface area (Å²) in [6.45, 7) is 4.15. The van der Waals surface area contributed by atoms with Crippen LogP contribution in [0.2, 0.25) is 0 Å². The number of anilines is 1. The number of hydrogen-bond acceptors (Lipinski definition) is 3. The van der Waals surface area contributed by atoms with Crippen LogP contribution in [0, 0.1) is 0 Å². The Morgan fingerprint density at radius 3 is 2.75 bits per heavy atom. The van der Waals surface area contributed by atoms with Gasteiger partial charge in [-0.05, 0) is 12.1 Å². The fraction of sp³-hybridized carbons (Fsp3) is 0.111. The lowest BCUT2D eigenvalue weighted by atomic mass is 10.3. The van der Waals surface area contributed by atoms with Crippen LogP contribution in [0.1, 0.15) is 0 Å². The van der Waals surface area contributed by atoms with E-state index < -0.39 is 0 Å². The van der Waals surface area contributed by atoms with E-state index in [0.717, 1.165) is 5.69 Å². The molecular formula is C9H12N2O. The van der Waals surface area contributed by atoms with Crippen LogP contribution in [0.3, 0.4) is 0 Å². The topological polar surface area (TPSA) is 33.3 Å². The number of hydrogen-bond donors (Lipinski definition) is 2. The minimum absolute atomic E-state index is 0.611. The number of rotatable bonds is 5. The van der Waals surface area contributed by atoms with Crippen molar-refractivity contribution in [3.05, 3.63) is 43.0 Å². The normalized spacial score (nSPS) is 9.33. The lowest BCUT2D eigenvalue weighted by molar-refractivity contribution is 0.0978. The molecule has 0 spiro atoms. The smallest absolute Gasteiger partial charge is 0.0623 e. The summed E-state index contributed by atoms with van der Waals surface area (Å²) < 4.78 is 0. The Kier molecular flexibility index (Phi) is 3.91. The van der Waals surface area contributed by atoms with Gasteiger partial charge in [0, 0.05) is 6.54 Å². The molecule has 0 atom stereocenters. The lowest BCUT2D eigenvalue weighted by Gasteiger charge is -2.04. The second kappa shape index (κ2) is 5.35. The van der Waals surface area contributed by atoms with Gasteiger partial charge in [-0.25, -0.2) is 5.48 Å². The third-order valence-electron chi connectivity index (χ3n) is 1.24. The van der Waals surface area contributed by atoms with Crippen molar-refractivity contribution in [1.29, 1.82) is 0 Å². The van der Waals surface area contributed by atoms with E-state index in [-0.39, 0.29) is 0 Å².